The first kappa shape index (κ1) is 12.7. The van der Waals surface area contributed by atoms with E-state index < -0.39 is 0 Å². The van der Waals surface area contributed by atoms with Gasteiger partial charge in [-0.05, 0) is 44.7 Å². The second-order valence-electron chi connectivity index (χ2n) is 4.61. The Balaban J connectivity index is 2.25. The fourth-order valence-corrected chi connectivity index (χ4v) is 2.89. The fourth-order valence-electron chi connectivity index (χ4n) is 2.31. The van der Waals surface area contributed by atoms with E-state index in [1.54, 1.807) is 11.8 Å². The van der Waals surface area contributed by atoms with Crippen LogP contribution in [0.1, 0.15) is 28.8 Å². The molecule has 0 radical (unpaired) electrons. The molecule has 0 spiro atoms. The molecule has 0 bridgehead atoms. The maximum atomic E-state index is 12.5. The lowest BCUT2D eigenvalue weighted by Gasteiger charge is -2.22. The zero-order valence-corrected chi connectivity index (χ0v) is 11.3. The van der Waals surface area contributed by atoms with Crippen LogP contribution in [0, 0.1) is 12.8 Å². The first-order chi connectivity index (χ1) is 8.22. The van der Waals surface area contributed by atoms with Crippen LogP contribution in [0.2, 0.25) is 0 Å². The predicted octanol–water partition coefficient (Wildman–Crippen LogP) is 2.90. The van der Waals surface area contributed by atoms with Gasteiger partial charge in [-0.25, -0.2) is 0 Å². The number of hydrogen-bond acceptors (Lipinski definition) is 3. The van der Waals surface area contributed by atoms with Gasteiger partial charge in [0, 0.05) is 22.9 Å². The third-order valence-electron chi connectivity index (χ3n) is 3.29. The van der Waals surface area contributed by atoms with E-state index in [2.05, 4.69) is 17.4 Å². The zero-order chi connectivity index (χ0) is 12.3. The summed E-state index contributed by atoms with van der Waals surface area (Å²) in [6.45, 7) is 3.92. The molecule has 1 aromatic carbocycles. The van der Waals surface area contributed by atoms with Crippen molar-refractivity contribution in [1.82, 2.24) is 5.32 Å². The number of carbonyl (C=O) groups is 1. The van der Waals surface area contributed by atoms with E-state index in [1.165, 1.54) is 0 Å². The molecule has 1 unspecified atom stereocenters. The van der Waals surface area contributed by atoms with Crippen molar-refractivity contribution in [3.05, 3.63) is 29.3 Å². The molecule has 1 fully saturated rings. The molecule has 1 aromatic rings. The van der Waals surface area contributed by atoms with E-state index in [0.29, 0.717) is 5.78 Å². The number of piperidine rings is 1. The summed E-state index contributed by atoms with van der Waals surface area (Å²) in [5.41, 5.74) is 2.07. The second kappa shape index (κ2) is 5.69. The minimum absolute atomic E-state index is 0.163. The Morgan fingerprint density at radius 1 is 1.47 bits per heavy atom. The average Bonchev–Trinajstić information content (AvgIpc) is 2.39. The van der Waals surface area contributed by atoms with E-state index in [0.717, 1.165) is 42.0 Å². The predicted molar refractivity (Wildman–Crippen MR) is 72.9 cm³/mol. The molecule has 1 aliphatic rings. The van der Waals surface area contributed by atoms with Gasteiger partial charge >= 0.3 is 0 Å². The Hall–Kier alpha value is -0.800. The largest absolute Gasteiger partial charge is 0.316 e. The Morgan fingerprint density at radius 2 is 2.29 bits per heavy atom. The third-order valence-corrected chi connectivity index (χ3v) is 4.08. The van der Waals surface area contributed by atoms with Gasteiger partial charge in [-0.15, -0.1) is 11.8 Å². The molecular weight excluding hydrogens is 230 g/mol. The summed E-state index contributed by atoms with van der Waals surface area (Å²) < 4.78 is 0. The number of rotatable bonds is 3. The number of aryl methyl sites for hydroxylation is 1. The van der Waals surface area contributed by atoms with Crippen molar-refractivity contribution in [2.75, 3.05) is 19.3 Å². The highest BCUT2D eigenvalue weighted by molar-refractivity contribution is 7.98. The summed E-state index contributed by atoms with van der Waals surface area (Å²) in [5.74, 6) is 0.474. The SMILES string of the molecule is CSc1ccc(C)cc1C(=O)C1CCCNC1. The standard InChI is InChI=1S/C14H19NOS/c1-10-5-6-13(17-2)12(8-10)14(16)11-4-3-7-15-9-11/h5-6,8,11,15H,3-4,7,9H2,1-2H3. The molecule has 1 N–H and O–H groups in total. The quantitative estimate of drug-likeness (QED) is 0.659. The van der Waals surface area contributed by atoms with Crippen molar-refractivity contribution in [2.24, 2.45) is 5.92 Å². The van der Waals surface area contributed by atoms with Crippen LogP contribution in [-0.2, 0) is 0 Å². The number of nitrogens with one attached hydrogen (secondary N) is 1. The lowest BCUT2D eigenvalue weighted by atomic mass is 9.90. The number of Topliss-reactive ketones (excluding diaryl/α,β-unsaturated/α-hetero) is 1. The van der Waals surface area contributed by atoms with Gasteiger partial charge in [-0.3, -0.25) is 4.79 Å². The second-order valence-corrected chi connectivity index (χ2v) is 5.46. The number of thioether (sulfide) groups is 1. The Labute approximate surface area is 107 Å². The Morgan fingerprint density at radius 3 is 2.94 bits per heavy atom. The van der Waals surface area contributed by atoms with E-state index in [1.807, 2.05) is 19.2 Å². The molecule has 0 saturated carbocycles. The minimum Gasteiger partial charge on any atom is -0.316 e. The van der Waals surface area contributed by atoms with E-state index in [9.17, 15) is 4.79 Å². The van der Waals surface area contributed by atoms with Crippen LogP contribution in [0.15, 0.2) is 23.1 Å². The number of hydrogen-bond donors (Lipinski definition) is 1. The lowest BCUT2D eigenvalue weighted by Crippen LogP contribution is -2.34. The lowest BCUT2D eigenvalue weighted by molar-refractivity contribution is 0.0896. The van der Waals surface area contributed by atoms with Gasteiger partial charge in [0.1, 0.15) is 0 Å². The van der Waals surface area contributed by atoms with E-state index in [4.69, 9.17) is 0 Å². The van der Waals surface area contributed by atoms with Gasteiger partial charge in [0.25, 0.3) is 0 Å². The molecule has 1 saturated heterocycles. The van der Waals surface area contributed by atoms with Gasteiger partial charge in [0.15, 0.2) is 5.78 Å². The van der Waals surface area contributed by atoms with Crippen LogP contribution in [0.3, 0.4) is 0 Å². The topological polar surface area (TPSA) is 29.1 Å². The van der Waals surface area contributed by atoms with Gasteiger partial charge < -0.3 is 5.32 Å². The fraction of sp³-hybridized carbons (Fsp3) is 0.500. The molecule has 2 rings (SSSR count). The molecule has 0 amide bonds. The normalized spacial score (nSPS) is 20.2. The van der Waals surface area contributed by atoms with Crippen LogP contribution in [0.5, 0.6) is 0 Å². The average molecular weight is 249 g/mol. The van der Waals surface area contributed by atoms with Gasteiger partial charge in [-0.1, -0.05) is 11.6 Å². The molecule has 1 heterocycles. The van der Waals surface area contributed by atoms with Crippen molar-refractivity contribution in [1.29, 1.82) is 0 Å². The maximum absolute atomic E-state index is 12.5. The number of ketones is 1. The molecule has 1 aliphatic heterocycles. The number of carbonyl (C=O) groups excluding carboxylic acids is 1. The molecule has 2 nitrogen and oxygen atoms in total. The summed E-state index contributed by atoms with van der Waals surface area (Å²) in [6.07, 6.45) is 4.16. The number of benzene rings is 1. The first-order valence-corrected chi connectivity index (χ1v) is 7.34. The maximum Gasteiger partial charge on any atom is 0.168 e. The van der Waals surface area contributed by atoms with Gasteiger partial charge in [0.05, 0.1) is 0 Å². The molecule has 0 aliphatic carbocycles. The van der Waals surface area contributed by atoms with Crippen molar-refractivity contribution < 1.29 is 4.79 Å². The van der Waals surface area contributed by atoms with E-state index in [-0.39, 0.29) is 5.92 Å². The highest BCUT2D eigenvalue weighted by Crippen LogP contribution is 2.26. The molecule has 1 atom stereocenters. The van der Waals surface area contributed by atoms with Gasteiger partial charge in [0.2, 0.25) is 0 Å². The van der Waals surface area contributed by atoms with Crippen molar-refractivity contribution >= 4 is 17.5 Å². The highest BCUT2D eigenvalue weighted by Gasteiger charge is 2.23. The molecular formula is C14H19NOS. The van der Waals surface area contributed by atoms with Crippen molar-refractivity contribution in [3.8, 4) is 0 Å². The van der Waals surface area contributed by atoms with Crippen LogP contribution < -0.4 is 5.32 Å². The van der Waals surface area contributed by atoms with Gasteiger partial charge in [-0.2, -0.15) is 0 Å². The first-order valence-electron chi connectivity index (χ1n) is 6.12. The zero-order valence-electron chi connectivity index (χ0n) is 10.5. The summed E-state index contributed by atoms with van der Waals surface area (Å²) in [5, 5.41) is 3.31. The van der Waals surface area contributed by atoms with Crippen LogP contribution in [0.25, 0.3) is 0 Å². The summed E-state index contributed by atoms with van der Waals surface area (Å²) in [7, 11) is 0. The smallest absolute Gasteiger partial charge is 0.168 e. The van der Waals surface area contributed by atoms with Crippen LogP contribution >= 0.6 is 11.8 Å². The minimum atomic E-state index is 0.163. The summed E-state index contributed by atoms with van der Waals surface area (Å²) >= 11 is 1.66. The van der Waals surface area contributed by atoms with E-state index >= 15 is 0 Å². The molecule has 92 valence electrons. The highest BCUT2D eigenvalue weighted by atomic mass is 32.2. The summed E-state index contributed by atoms with van der Waals surface area (Å²) in [4.78, 5) is 13.6. The van der Waals surface area contributed by atoms with Crippen molar-refractivity contribution in [2.45, 2.75) is 24.7 Å². The Bertz CT molecular complexity index is 411. The van der Waals surface area contributed by atoms with Crippen LogP contribution in [0.4, 0.5) is 0 Å². The molecule has 3 heteroatoms. The van der Waals surface area contributed by atoms with Crippen molar-refractivity contribution in [3.63, 3.8) is 0 Å². The third kappa shape index (κ3) is 2.90. The Kier molecular flexibility index (Phi) is 4.24. The van der Waals surface area contributed by atoms with Crippen LogP contribution in [-0.4, -0.2) is 25.1 Å². The molecule has 17 heavy (non-hydrogen) atoms. The monoisotopic (exact) mass is 249 g/mol. The molecule has 0 aromatic heterocycles. The summed E-state index contributed by atoms with van der Waals surface area (Å²) in [6, 6.07) is 6.16.